The van der Waals surface area contributed by atoms with Gasteiger partial charge in [0.05, 0.1) is 47.5 Å². The minimum absolute atomic E-state index is 0.0234. The average molecular weight is 630 g/mol. The van der Waals surface area contributed by atoms with Crippen molar-refractivity contribution in [3.05, 3.63) is 65.4 Å². The van der Waals surface area contributed by atoms with Crippen molar-refractivity contribution in [1.82, 2.24) is 4.72 Å². The van der Waals surface area contributed by atoms with Gasteiger partial charge in [-0.1, -0.05) is 11.6 Å². The largest absolute Gasteiger partial charge is 0.495 e. The highest BCUT2D eigenvalue weighted by atomic mass is 35.5. The number of benzene rings is 3. The number of hydrogen-bond acceptors (Lipinski definition) is 8. The van der Waals surface area contributed by atoms with Crippen LogP contribution in [0.1, 0.15) is 13.8 Å². The number of nitrogens with one attached hydrogen (secondary N) is 2. The fourth-order valence-corrected chi connectivity index (χ4v) is 6.59. The quantitative estimate of drug-likeness (QED) is 0.306. The molecule has 3 aromatic rings. The first-order chi connectivity index (χ1) is 19.2. The van der Waals surface area contributed by atoms with E-state index in [0.717, 1.165) is 22.5 Å². The molecular weight excluding hydrogens is 601 g/mol. The Labute approximate surface area is 243 Å². The lowest BCUT2D eigenvalue weighted by atomic mass is 10.3. The van der Waals surface area contributed by atoms with Gasteiger partial charge in [-0.2, -0.15) is 0 Å². The number of amides is 1. The van der Waals surface area contributed by atoms with Crippen LogP contribution in [-0.2, 0) is 24.8 Å². The summed E-state index contributed by atoms with van der Waals surface area (Å²) in [5, 5.41) is 2.14. The standard InChI is InChI=1S/C26H29ClFN3O8S2/c1-16(2)30-40(33,34)18-7-10-23(37-3)22(13-18)29-26(32)15-31(17-6-9-21(28)20(27)12-17)41(35,36)19-8-11-24(38-4)25(14-19)39-5/h6-14,16,30H,15H2,1-5H3,(H,29,32). The molecule has 0 radical (unpaired) electrons. The molecule has 1 amide bonds. The average Bonchev–Trinajstić information content (AvgIpc) is 2.92. The van der Waals surface area contributed by atoms with Crippen LogP contribution in [0.3, 0.4) is 0 Å². The Balaban J connectivity index is 2.04. The van der Waals surface area contributed by atoms with Crippen LogP contribution in [0.4, 0.5) is 15.8 Å². The third-order valence-corrected chi connectivity index (χ3v) is 9.28. The van der Waals surface area contributed by atoms with Crippen LogP contribution in [-0.4, -0.2) is 56.7 Å². The zero-order valence-electron chi connectivity index (χ0n) is 22.8. The van der Waals surface area contributed by atoms with Gasteiger partial charge in [-0.25, -0.2) is 25.9 Å². The Morgan fingerprint density at radius 1 is 0.878 bits per heavy atom. The molecule has 0 bridgehead atoms. The molecule has 0 saturated heterocycles. The molecule has 0 aliphatic carbocycles. The van der Waals surface area contributed by atoms with Gasteiger partial charge in [-0.15, -0.1) is 0 Å². The summed E-state index contributed by atoms with van der Waals surface area (Å²) in [5.41, 5.74) is -0.129. The molecule has 0 heterocycles. The molecule has 0 atom stereocenters. The van der Waals surface area contributed by atoms with Crippen LogP contribution >= 0.6 is 11.6 Å². The van der Waals surface area contributed by atoms with E-state index in [1.165, 1.54) is 57.7 Å². The molecule has 41 heavy (non-hydrogen) atoms. The maximum absolute atomic E-state index is 13.9. The smallest absolute Gasteiger partial charge is 0.264 e. The number of nitrogens with zero attached hydrogens (tertiary/aromatic N) is 1. The van der Waals surface area contributed by atoms with Crippen molar-refractivity contribution >= 4 is 48.9 Å². The fraction of sp³-hybridized carbons (Fsp3) is 0.269. The molecule has 0 fully saturated rings. The van der Waals surface area contributed by atoms with Crippen LogP contribution < -0.4 is 28.6 Å². The minimum atomic E-state index is -4.47. The van der Waals surface area contributed by atoms with Crippen molar-refractivity contribution in [3.8, 4) is 17.2 Å². The summed E-state index contributed by atoms with van der Waals surface area (Å²) in [5.74, 6) is -1.14. The molecule has 15 heteroatoms. The van der Waals surface area contributed by atoms with E-state index in [1.54, 1.807) is 13.8 Å². The molecule has 3 aromatic carbocycles. The summed E-state index contributed by atoms with van der Waals surface area (Å²) in [6.45, 7) is 2.50. The van der Waals surface area contributed by atoms with Gasteiger partial charge < -0.3 is 19.5 Å². The highest BCUT2D eigenvalue weighted by molar-refractivity contribution is 7.93. The summed E-state index contributed by atoms with van der Waals surface area (Å²) in [7, 11) is -4.36. The molecule has 0 aromatic heterocycles. The summed E-state index contributed by atoms with van der Waals surface area (Å²) in [6, 6.07) is 10.5. The SMILES string of the molecule is COc1ccc(S(=O)(=O)NC(C)C)cc1NC(=O)CN(c1ccc(F)c(Cl)c1)S(=O)(=O)c1ccc(OC)c(OC)c1. The van der Waals surface area contributed by atoms with Gasteiger partial charge in [-0.05, 0) is 62.4 Å². The molecule has 2 N–H and O–H groups in total. The Bertz CT molecular complexity index is 1650. The maximum Gasteiger partial charge on any atom is 0.264 e. The Morgan fingerprint density at radius 3 is 2.07 bits per heavy atom. The number of carbonyl (C=O) groups is 1. The number of carbonyl (C=O) groups excluding carboxylic acids is 1. The second kappa shape index (κ2) is 12.9. The van der Waals surface area contributed by atoms with Gasteiger partial charge in [0.25, 0.3) is 10.0 Å². The lowest BCUT2D eigenvalue weighted by Gasteiger charge is -2.25. The van der Waals surface area contributed by atoms with Gasteiger partial charge in [0.1, 0.15) is 18.1 Å². The summed E-state index contributed by atoms with van der Waals surface area (Å²) in [6.07, 6.45) is 0. The van der Waals surface area contributed by atoms with Crippen LogP contribution in [0.15, 0.2) is 64.4 Å². The van der Waals surface area contributed by atoms with Crippen LogP contribution in [0.2, 0.25) is 5.02 Å². The molecule has 0 saturated carbocycles. The van der Waals surface area contributed by atoms with Crippen molar-refractivity contribution in [2.75, 3.05) is 37.5 Å². The number of methoxy groups -OCH3 is 3. The summed E-state index contributed by atoms with van der Waals surface area (Å²) in [4.78, 5) is 12.9. The second-order valence-corrected chi connectivity index (χ2v) is 12.8. The van der Waals surface area contributed by atoms with Crippen molar-refractivity contribution in [2.45, 2.75) is 29.7 Å². The normalized spacial score (nSPS) is 11.7. The van der Waals surface area contributed by atoms with Crippen LogP contribution in [0, 0.1) is 5.82 Å². The van der Waals surface area contributed by atoms with E-state index < -0.39 is 44.4 Å². The van der Waals surface area contributed by atoms with E-state index in [9.17, 15) is 26.0 Å². The minimum Gasteiger partial charge on any atom is -0.495 e. The van der Waals surface area contributed by atoms with Crippen molar-refractivity contribution in [2.24, 2.45) is 0 Å². The Hall–Kier alpha value is -3.59. The predicted octanol–water partition coefficient (Wildman–Crippen LogP) is 4.03. The number of anilines is 2. The fourth-order valence-electron chi connectivity index (χ4n) is 3.71. The molecule has 0 aliphatic rings. The first-order valence-electron chi connectivity index (χ1n) is 11.9. The molecule has 3 rings (SSSR count). The van der Waals surface area contributed by atoms with Crippen molar-refractivity contribution in [1.29, 1.82) is 0 Å². The third-order valence-electron chi connectivity index (χ3n) is 5.57. The van der Waals surface area contributed by atoms with E-state index >= 15 is 0 Å². The monoisotopic (exact) mass is 629 g/mol. The number of hydrogen-bond donors (Lipinski definition) is 2. The van der Waals surface area contributed by atoms with Crippen molar-refractivity contribution < 1.29 is 40.2 Å². The lowest BCUT2D eigenvalue weighted by Crippen LogP contribution is -2.38. The highest BCUT2D eigenvalue weighted by Gasteiger charge is 2.29. The summed E-state index contributed by atoms with van der Waals surface area (Å²) < 4.78 is 85.7. The zero-order chi connectivity index (χ0) is 30.5. The number of rotatable bonds is 12. The van der Waals surface area contributed by atoms with E-state index in [2.05, 4.69) is 10.0 Å². The summed E-state index contributed by atoms with van der Waals surface area (Å²) >= 11 is 5.93. The molecule has 0 spiro atoms. The Morgan fingerprint density at radius 2 is 1.49 bits per heavy atom. The lowest BCUT2D eigenvalue weighted by molar-refractivity contribution is -0.114. The number of ether oxygens (including phenoxy) is 3. The Kier molecular flexibility index (Phi) is 10.1. The molecule has 222 valence electrons. The molecular formula is C26H29ClFN3O8S2. The molecule has 0 unspecified atom stereocenters. The van der Waals surface area contributed by atoms with E-state index in [1.807, 2.05) is 0 Å². The number of sulfonamides is 2. The highest BCUT2D eigenvalue weighted by Crippen LogP contribution is 2.34. The van der Waals surface area contributed by atoms with Crippen LogP contribution in [0.25, 0.3) is 0 Å². The molecule has 0 aliphatic heterocycles. The van der Waals surface area contributed by atoms with Gasteiger partial charge in [0.15, 0.2) is 11.5 Å². The predicted molar refractivity (Wildman–Crippen MR) is 153 cm³/mol. The number of halogens is 2. The topological polar surface area (TPSA) is 140 Å². The van der Waals surface area contributed by atoms with Gasteiger partial charge in [0.2, 0.25) is 15.9 Å². The van der Waals surface area contributed by atoms with Gasteiger partial charge in [0, 0.05) is 12.1 Å². The maximum atomic E-state index is 13.9. The zero-order valence-corrected chi connectivity index (χ0v) is 25.2. The van der Waals surface area contributed by atoms with E-state index in [0.29, 0.717) is 0 Å². The second-order valence-electron chi connectivity index (χ2n) is 8.81. The van der Waals surface area contributed by atoms with E-state index in [-0.39, 0.29) is 43.4 Å². The third kappa shape index (κ3) is 7.38. The first-order valence-corrected chi connectivity index (χ1v) is 15.2. The first kappa shape index (κ1) is 31.9. The van der Waals surface area contributed by atoms with E-state index in [4.69, 9.17) is 25.8 Å². The van der Waals surface area contributed by atoms with Gasteiger partial charge in [-0.3, -0.25) is 9.10 Å². The van der Waals surface area contributed by atoms with Crippen LogP contribution in [0.5, 0.6) is 17.2 Å². The molecule has 11 nitrogen and oxygen atoms in total. The van der Waals surface area contributed by atoms with Gasteiger partial charge >= 0.3 is 0 Å². The van der Waals surface area contributed by atoms with Crippen molar-refractivity contribution in [3.63, 3.8) is 0 Å².